The minimum Gasteiger partial charge on any atom is -0.359 e. The molecule has 1 aliphatic rings. The fraction of sp³-hybridized carbons (Fsp3) is 0.385. The van der Waals surface area contributed by atoms with E-state index < -0.39 is 0 Å². The van der Waals surface area contributed by atoms with Gasteiger partial charge in [0, 0.05) is 11.6 Å². The van der Waals surface area contributed by atoms with E-state index in [-0.39, 0.29) is 6.04 Å². The van der Waals surface area contributed by atoms with Crippen molar-refractivity contribution in [1.29, 1.82) is 0 Å². The largest absolute Gasteiger partial charge is 0.359 e. The van der Waals surface area contributed by atoms with E-state index in [1.54, 1.807) is 15.9 Å². The molecule has 1 aliphatic carbocycles. The molecule has 20 heavy (non-hydrogen) atoms. The Morgan fingerprint density at radius 2 is 2.25 bits per heavy atom. The van der Waals surface area contributed by atoms with Crippen LogP contribution in [0, 0.1) is 12.8 Å². The highest BCUT2D eigenvalue weighted by atomic mass is 32.1. The lowest BCUT2D eigenvalue weighted by Crippen LogP contribution is -2.14. The molecule has 0 aromatic carbocycles. The van der Waals surface area contributed by atoms with Crippen LogP contribution in [0.2, 0.25) is 0 Å². The van der Waals surface area contributed by atoms with E-state index in [9.17, 15) is 0 Å². The summed E-state index contributed by atoms with van der Waals surface area (Å²) in [6.07, 6.45) is 4.37. The molecule has 0 radical (unpaired) electrons. The fourth-order valence-corrected chi connectivity index (χ4v) is 3.11. The van der Waals surface area contributed by atoms with Gasteiger partial charge in [0.1, 0.15) is 10.8 Å². The molecule has 0 aliphatic heterocycles. The molecule has 0 bridgehead atoms. The topological polar surface area (TPSA) is 68.0 Å². The van der Waals surface area contributed by atoms with Crippen molar-refractivity contribution in [3.63, 3.8) is 0 Å². The molecule has 6 nitrogen and oxygen atoms in total. The van der Waals surface area contributed by atoms with E-state index >= 15 is 0 Å². The summed E-state index contributed by atoms with van der Waals surface area (Å²) in [4.78, 5) is 4.44. The van der Waals surface area contributed by atoms with E-state index in [2.05, 4.69) is 25.6 Å². The normalized spacial score (nSPS) is 16.4. The van der Waals surface area contributed by atoms with Gasteiger partial charge in [-0.2, -0.15) is 4.52 Å². The molecule has 0 amide bonds. The SMILES string of the molecule is Cc1nnc2ccc(N[C@@H](c3nccs3)C3CC3)nn12. The van der Waals surface area contributed by atoms with Gasteiger partial charge in [0.05, 0.1) is 6.04 Å². The Labute approximate surface area is 119 Å². The Bertz CT molecular complexity index is 730. The average molecular weight is 286 g/mol. The minimum atomic E-state index is 0.261. The van der Waals surface area contributed by atoms with Crippen LogP contribution in [0.4, 0.5) is 5.82 Å². The van der Waals surface area contributed by atoms with Crippen molar-refractivity contribution in [3.8, 4) is 0 Å². The second kappa shape index (κ2) is 4.52. The summed E-state index contributed by atoms with van der Waals surface area (Å²) >= 11 is 1.69. The lowest BCUT2D eigenvalue weighted by Gasteiger charge is -2.16. The summed E-state index contributed by atoms with van der Waals surface area (Å²) in [7, 11) is 0. The quantitative estimate of drug-likeness (QED) is 0.798. The van der Waals surface area contributed by atoms with Gasteiger partial charge in [0.15, 0.2) is 11.5 Å². The van der Waals surface area contributed by atoms with Crippen LogP contribution in [-0.2, 0) is 0 Å². The fourth-order valence-electron chi connectivity index (χ4n) is 2.33. The number of aryl methyl sites for hydroxylation is 1. The van der Waals surface area contributed by atoms with Crippen LogP contribution in [0.15, 0.2) is 23.7 Å². The van der Waals surface area contributed by atoms with Gasteiger partial charge < -0.3 is 5.32 Å². The summed E-state index contributed by atoms with van der Waals surface area (Å²) in [6.45, 7) is 1.90. The number of rotatable bonds is 4. The Hall–Kier alpha value is -2.02. The molecule has 0 spiro atoms. The molecule has 3 aromatic rings. The third-order valence-electron chi connectivity index (χ3n) is 3.53. The van der Waals surface area contributed by atoms with Crippen LogP contribution in [-0.4, -0.2) is 24.8 Å². The van der Waals surface area contributed by atoms with Gasteiger partial charge in [-0.25, -0.2) is 4.98 Å². The second-order valence-electron chi connectivity index (χ2n) is 5.07. The van der Waals surface area contributed by atoms with Gasteiger partial charge in [0.25, 0.3) is 0 Å². The molecule has 4 rings (SSSR count). The number of hydrogen-bond donors (Lipinski definition) is 1. The third kappa shape index (κ3) is 2.03. The van der Waals surface area contributed by atoms with E-state index in [1.165, 1.54) is 12.8 Å². The van der Waals surface area contributed by atoms with Gasteiger partial charge in [0.2, 0.25) is 0 Å². The maximum atomic E-state index is 4.55. The van der Waals surface area contributed by atoms with E-state index in [0.29, 0.717) is 5.92 Å². The number of anilines is 1. The molecule has 1 saturated carbocycles. The number of thiazole rings is 1. The van der Waals surface area contributed by atoms with Crippen molar-refractivity contribution in [2.24, 2.45) is 5.92 Å². The summed E-state index contributed by atoms with van der Waals surface area (Å²) in [5, 5.41) is 19.3. The van der Waals surface area contributed by atoms with Crippen molar-refractivity contribution < 1.29 is 0 Å². The summed E-state index contributed by atoms with van der Waals surface area (Å²) in [5.41, 5.74) is 0.769. The predicted octanol–water partition coefficient (Wildman–Crippen LogP) is 2.45. The number of hydrogen-bond acceptors (Lipinski definition) is 6. The first kappa shape index (κ1) is 11.8. The first-order valence-corrected chi connectivity index (χ1v) is 7.54. The van der Waals surface area contributed by atoms with Gasteiger partial charge in [-0.3, -0.25) is 0 Å². The zero-order valence-electron chi connectivity index (χ0n) is 11.0. The summed E-state index contributed by atoms with van der Waals surface area (Å²) in [6, 6.07) is 4.14. The molecule has 7 heteroatoms. The molecule has 0 saturated heterocycles. The maximum absolute atomic E-state index is 4.55. The van der Waals surface area contributed by atoms with Crippen molar-refractivity contribution in [2.75, 3.05) is 5.32 Å². The van der Waals surface area contributed by atoms with Crippen molar-refractivity contribution in [2.45, 2.75) is 25.8 Å². The van der Waals surface area contributed by atoms with Crippen LogP contribution in [0.1, 0.15) is 29.7 Å². The van der Waals surface area contributed by atoms with Gasteiger partial charge in [-0.1, -0.05) is 0 Å². The highest BCUT2D eigenvalue weighted by Gasteiger charge is 2.34. The molecule has 0 unspecified atom stereocenters. The zero-order valence-corrected chi connectivity index (χ0v) is 11.8. The molecular formula is C13H14N6S. The number of aromatic nitrogens is 5. The summed E-state index contributed by atoms with van der Waals surface area (Å²) in [5.74, 6) is 2.30. The highest BCUT2D eigenvalue weighted by molar-refractivity contribution is 7.09. The van der Waals surface area contributed by atoms with Crippen LogP contribution < -0.4 is 5.32 Å². The predicted molar refractivity (Wildman–Crippen MR) is 76.7 cm³/mol. The van der Waals surface area contributed by atoms with Gasteiger partial charge in [-0.05, 0) is 37.8 Å². The lowest BCUT2D eigenvalue weighted by atomic mass is 10.2. The van der Waals surface area contributed by atoms with Crippen LogP contribution >= 0.6 is 11.3 Å². The maximum Gasteiger partial charge on any atom is 0.178 e. The average Bonchev–Trinajstić information content (AvgIpc) is 3.03. The van der Waals surface area contributed by atoms with Crippen molar-refractivity contribution >= 4 is 22.8 Å². The zero-order chi connectivity index (χ0) is 13.5. The van der Waals surface area contributed by atoms with E-state index in [1.807, 2.05) is 30.6 Å². The van der Waals surface area contributed by atoms with Gasteiger partial charge >= 0.3 is 0 Å². The third-order valence-corrected chi connectivity index (χ3v) is 4.39. The first-order chi connectivity index (χ1) is 9.81. The number of fused-ring (bicyclic) bond motifs is 1. The Balaban J connectivity index is 1.66. The Morgan fingerprint density at radius 1 is 1.35 bits per heavy atom. The molecule has 1 fully saturated rings. The van der Waals surface area contributed by atoms with Crippen molar-refractivity contribution in [3.05, 3.63) is 34.5 Å². The molecule has 3 aromatic heterocycles. The molecule has 1 atom stereocenters. The van der Waals surface area contributed by atoms with Crippen LogP contribution in [0.25, 0.3) is 5.65 Å². The minimum absolute atomic E-state index is 0.261. The molecule has 3 heterocycles. The molecule has 102 valence electrons. The van der Waals surface area contributed by atoms with E-state index in [4.69, 9.17) is 0 Å². The summed E-state index contributed by atoms with van der Waals surface area (Å²) < 4.78 is 1.76. The second-order valence-corrected chi connectivity index (χ2v) is 5.99. The lowest BCUT2D eigenvalue weighted by molar-refractivity contribution is 0.666. The monoisotopic (exact) mass is 286 g/mol. The van der Waals surface area contributed by atoms with Crippen LogP contribution in [0.3, 0.4) is 0 Å². The van der Waals surface area contributed by atoms with Gasteiger partial charge in [-0.15, -0.1) is 26.6 Å². The smallest absolute Gasteiger partial charge is 0.178 e. The van der Waals surface area contributed by atoms with Crippen molar-refractivity contribution in [1.82, 2.24) is 24.8 Å². The number of nitrogens with zero attached hydrogens (tertiary/aromatic N) is 5. The Morgan fingerprint density at radius 3 is 3.00 bits per heavy atom. The van der Waals surface area contributed by atoms with Crippen LogP contribution in [0.5, 0.6) is 0 Å². The highest BCUT2D eigenvalue weighted by Crippen LogP contribution is 2.43. The standard InChI is InChI=1S/C13H14N6S/c1-8-16-17-11-5-4-10(18-19(8)11)15-12(9-2-3-9)13-14-6-7-20-13/h4-7,9,12H,2-3H2,1H3,(H,15,18)/t12-/m1/s1. The molecular weight excluding hydrogens is 272 g/mol. The molecule has 1 N–H and O–H groups in total. The Kier molecular flexibility index (Phi) is 2.66. The number of nitrogens with one attached hydrogen (secondary N) is 1. The van der Waals surface area contributed by atoms with E-state index in [0.717, 1.165) is 22.3 Å². The first-order valence-electron chi connectivity index (χ1n) is 6.66.